The van der Waals surface area contributed by atoms with Gasteiger partial charge in [0, 0.05) is 5.69 Å². The third-order valence-corrected chi connectivity index (χ3v) is 3.69. The quantitative estimate of drug-likeness (QED) is 0.423. The van der Waals surface area contributed by atoms with Gasteiger partial charge in [-0.05, 0) is 36.4 Å². The molecule has 0 aliphatic carbocycles. The maximum atomic E-state index is 13.3. The number of halogens is 1. The van der Waals surface area contributed by atoms with Gasteiger partial charge in [-0.1, -0.05) is 0 Å². The number of nitrogens with one attached hydrogen (secondary N) is 1. The first-order valence-corrected chi connectivity index (χ1v) is 8.09. The van der Waals surface area contributed by atoms with Crippen molar-refractivity contribution in [2.24, 2.45) is 0 Å². The van der Waals surface area contributed by atoms with Gasteiger partial charge in [-0.3, -0.25) is 4.79 Å². The molecular formula is C19H17FN2O7. The van der Waals surface area contributed by atoms with Crippen molar-refractivity contribution in [2.75, 3.05) is 31.9 Å². The van der Waals surface area contributed by atoms with Crippen LogP contribution in [0.1, 0.15) is 31.1 Å². The van der Waals surface area contributed by atoms with Crippen LogP contribution < -0.4 is 11.1 Å². The van der Waals surface area contributed by atoms with Crippen LogP contribution in [0.15, 0.2) is 36.4 Å². The van der Waals surface area contributed by atoms with E-state index in [-0.39, 0.29) is 28.1 Å². The van der Waals surface area contributed by atoms with E-state index in [1.54, 1.807) is 0 Å². The number of hydrogen-bond acceptors (Lipinski definition) is 8. The Morgan fingerprint density at radius 3 is 2.28 bits per heavy atom. The Balaban J connectivity index is 2.14. The number of rotatable bonds is 6. The molecule has 0 saturated heterocycles. The Kier molecular flexibility index (Phi) is 6.85. The predicted molar refractivity (Wildman–Crippen MR) is 98.8 cm³/mol. The summed E-state index contributed by atoms with van der Waals surface area (Å²) < 4.78 is 27.3. The monoisotopic (exact) mass is 404 g/mol. The third kappa shape index (κ3) is 5.28. The van der Waals surface area contributed by atoms with Crippen LogP contribution in [0.2, 0.25) is 0 Å². The zero-order valence-corrected chi connectivity index (χ0v) is 15.5. The number of hydrogen-bond donors (Lipinski definition) is 2. The minimum atomic E-state index is -1.01. The van der Waals surface area contributed by atoms with E-state index in [9.17, 15) is 23.6 Å². The van der Waals surface area contributed by atoms with E-state index in [4.69, 9.17) is 10.5 Å². The second-order valence-corrected chi connectivity index (χ2v) is 5.60. The number of anilines is 2. The summed E-state index contributed by atoms with van der Waals surface area (Å²) in [6, 6.07) is 6.94. The molecule has 0 heterocycles. The molecule has 0 atom stereocenters. The SMILES string of the molecule is COC(=O)c1ccc(C(=O)OC)c(NC(=O)COC(=O)c2cc(F)ccc2N)c1. The summed E-state index contributed by atoms with van der Waals surface area (Å²) in [4.78, 5) is 47.7. The first-order chi connectivity index (χ1) is 13.8. The van der Waals surface area contributed by atoms with Crippen molar-refractivity contribution >= 4 is 35.2 Å². The van der Waals surface area contributed by atoms with Gasteiger partial charge in [-0.25, -0.2) is 18.8 Å². The van der Waals surface area contributed by atoms with Gasteiger partial charge in [0.05, 0.1) is 36.6 Å². The second-order valence-electron chi connectivity index (χ2n) is 5.60. The molecule has 10 heteroatoms. The number of nitrogens with two attached hydrogens (primary N) is 1. The molecule has 0 fully saturated rings. The fourth-order valence-electron chi connectivity index (χ4n) is 2.28. The van der Waals surface area contributed by atoms with Crippen LogP contribution in [0.4, 0.5) is 15.8 Å². The van der Waals surface area contributed by atoms with Crippen molar-refractivity contribution < 1.29 is 37.8 Å². The van der Waals surface area contributed by atoms with Gasteiger partial charge >= 0.3 is 17.9 Å². The normalized spacial score (nSPS) is 10.0. The molecule has 2 rings (SSSR count). The summed E-state index contributed by atoms with van der Waals surface area (Å²) in [6.07, 6.45) is 0. The summed E-state index contributed by atoms with van der Waals surface area (Å²) in [5.74, 6) is -3.97. The van der Waals surface area contributed by atoms with Crippen molar-refractivity contribution in [3.63, 3.8) is 0 Å². The maximum absolute atomic E-state index is 13.3. The fraction of sp³-hybridized carbons (Fsp3) is 0.158. The molecule has 152 valence electrons. The highest BCUT2D eigenvalue weighted by atomic mass is 19.1. The van der Waals surface area contributed by atoms with Gasteiger partial charge in [0.25, 0.3) is 5.91 Å². The van der Waals surface area contributed by atoms with Gasteiger partial charge in [-0.15, -0.1) is 0 Å². The van der Waals surface area contributed by atoms with Gasteiger partial charge in [-0.2, -0.15) is 0 Å². The Labute approximate surface area is 164 Å². The smallest absolute Gasteiger partial charge is 0.340 e. The minimum Gasteiger partial charge on any atom is -0.465 e. The van der Waals surface area contributed by atoms with Crippen LogP contribution in [-0.2, 0) is 19.0 Å². The lowest BCUT2D eigenvalue weighted by Gasteiger charge is -2.12. The molecule has 0 bridgehead atoms. The number of carbonyl (C=O) groups excluding carboxylic acids is 4. The Bertz CT molecular complexity index is 975. The van der Waals surface area contributed by atoms with Crippen LogP contribution in [0.25, 0.3) is 0 Å². The summed E-state index contributed by atoms with van der Waals surface area (Å²) >= 11 is 0. The zero-order chi connectivity index (χ0) is 21.6. The first-order valence-electron chi connectivity index (χ1n) is 8.09. The van der Waals surface area contributed by atoms with Crippen molar-refractivity contribution in [1.82, 2.24) is 0 Å². The number of nitrogen functional groups attached to an aromatic ring is 1. The molecule has 29 heavy (non-hydrogen) atoms. The lowest BCUT2D eigenvalue weighted by molar-refractivity contribution is -0.119. The molecule has 1 amide bonds. The van der Waals surface area contributed by atoms with Gasteiger partial charge in [0.1, 0.15) is 5.82 Å². The van der Waals surface area contributed by atoms with E-state index in [0.717, 1.165) is 19.2 Å². The topological polar surface area (TPSA) is 134 Å². The predicted octanol–water partition coefficient (Wildman–Crippen LogP) is 1.78. The van der Waals surface area contributed by atoms with E-state index in [0.29, 0.717) is 0 Å². The Morgan fingerprint density at radius 2 is 1.62 bits per heavy atom. The molecule has 3 N–H and O–H groups in total. The summed E-state index contributed by atoms with van der Waals surface area (Å²) in [6.45, 7) is -0.752. The van der Waals surface area contributed by atoms with E-state index in [1.165, 1.54) is 31.4 Å². The van der Waals surface area contributed by atoms with Gasteiger partial charge in [0.2, 0.25) is 0 Å². The molecule has 0 unspecified atom stereocenters. The average Bonchev–Trinajstić information content (AvgIpc) is 2.72. The first kappa shape index (κ1) is 21.4. The van der Waals surface area contributed by atoms with Crippen LogP contribution >= 0.6 is 0 Å². The van der Waals surface area contributed by atoms with Crippen molar-refractivity contribution in [1.29, 1.82) is 0 Å². The number of amides is 1. The molecule has 2 aromatic rings. The molecule has 9 nitrogen and oxygen atoms in total. The molecule has 0 aliphatic rings. The molecule has 0 spiro atoms. The van der Waals surface area contributed by atoms with Crippen LogP contribution in [-0.4, -0.2) is 44.6 Å². The van der Waals surface area contributed by atoms with Crippen LogP contribution in [0, 0.1) is 5.82 Å². The highest BCUT2D eigenvalue weighted by Crippen LogP contribution is 2.20. The standard InChI is InChI=1S/C19H17FN2O7/c1-27-17(24)10-3-5-12(18(25)28-2)15(7-10)22-16(23)9-29-19(26)13-8-11(20)4-6-14(13)21/h3-8H,9,21H2,1-2H3,(H,22,23). The molecule has 2 aromatic carbocycles. The average molecular weight is 404 g/mol. The molecule has 0 aromatic heterocycles. The van der Waals surface area contributed by atoms with Crippen molar-refractivity contribution in [3.05, 3.63) is 58.9 Å². The number of esters is 3. The molecule has 0 saturated carbocycles. The zero-order valence-electron chi connectivity index (χ0n) is 15.5. The second kappa shape index (κ2) is 9.31. The highest BCUT2D eigenvalue weighted by Gasteiger charge is 2.19. The van der Waals surface area contributed by atoms with E-state index < -0.39 is 36.2 Å². The molecule has 0 aliphatic heterocycles. The van der Waals surface area contributed by atoms with Crippen molar-refractivity contribution in [3.8, 4) is 0 Å². The number of methoxy groups -OCH3 is 2. The minimum absolute atomic E-state index is 0.0180. The number of carbonyl (C=O) groups is 4. The lowest BCUT2D eigenvalue weighted by Crippen LogP contribution is -2.23. The van der Waals surface area contributed by atoms with Crippen LogP contribution in [0.5, 0.6) is 0 Å². The van der Waals surface area contributed by atoms with Gasteiger partial charge < -0.3 is 25.3 Å². The van der Waals surface area contributed by atoms with E-state index in [2.05, 4.69) is 14.8 Å². The summed E-state index contributed by atoms with van der Waals surface area (Å²) in [5.41, 5.74) is 5.32. The largest absolute Gasteiger partial charge is 0.465 e. The van der Waals surface area contributed by atoms with E-state index >= 15 is 0 Å². The summed E-state index contributed by atoms with van der Waals surface area (Å²) in [5, 5.41) is 2.35. The molecular weight excluding hydrogens is 387 g/mol. The number of ether oxygens (including phenoxy) is 3. The number of benzene rings is 2. The maximum Gasteiger partial charge on any atom is 0.340 e. The fourth-order valence-corrected chi connectivity index (χ4v) is 2.28. The van der Waals surface area contributed by atoms with Crippen LogP contribution in [0.3, 0.4) is 0 Å². The Hall–Kier alpha value is -3.95. The third-order valence-electron chi connectivity index (χ3n) is 3.69. The molecule has 0 radical (unpaired) electrons. The highest BCUT2D eigenvalue weighted by molar-refractivity contribution is 6.04. The van der Waals surface area contributed by atoms with Crippen molar-refractivity contribution in [2.45, 2.75) is 0 Å². The Morgan fingerprint density at radius 1 is 0.931 bits per heavy atom. The van der Waals surface area contributed by atoms with E-state index in [1.807, 2.05) is 0 Å². The lowest BCUT2D eigenvalue weighted by atomic mass is 10.1. The summed E-state index contributed by atoms with van der Waals surface area (Å²) in [7, 11) is 2.32. The van der Waals surface area contributed by atoms with Gasteiger partial charge in [0.15, 0.2) is 6.61 Å².